The van der Waals surface area contributed by atoms with Crippen molar-refractivity contribution in [3.8, 4) is 0 Å². The first-order valence-corrected chi connectivity index (χ1v) is 35.0. The van der Waals surface area contributed by atoms with Crippen molar-refractivity contribution in [1.82, 2.24) is 5.32 Å². The molecule has 0 heterocycles. The predicted octanol–water partition coefficient (Wildman–Crippen LogP) is 21.2. The molecule has 0 aliphatic rings. The zero-order chi connectivity index (χ0) is 57.7. The van der Waals surface area contributed by atoms with Gasteiger partial charge in [0.15, 0.2) is 0 Å². The van der Waals surface area contributed by atoms with Crippen LogP contribution < -0.4 is 5.32 Å². The third kappa shape index (κ3) is 63.1. The van der Waals surface area contributed by atoms with E-state index in [2.05, 4.69) is 92.1 Å². The number of hydrogen-bond acceptors (Lipinski definition) is 5. The summed E-state index contributed by atoms with van der Waals surface area (Å²) in [6.45, 7) is 4.68. The van der Waals surface area contributed by atoms with E-state index < -0.39 is 20.0 Å². The molecule has 0 fully saturated rings. The number of carbonyl (C=O) groups excluding carboxylic acids is 1. The molecule has 0 bridgehead atoms. The zero-order valence-electron chi connectivity index (χ0n) is 52.6. The van der Waals surface area contributed by atoms with Crippen molar-refractivity contribution in [2.45, 2.75) is 315 Å². The summed E-state index contributed by atoms with van der Waals surface area (Å²) in [5, 5.41) is 13.9. The third-order valence-corrected chi connectivity index (χ3v) is 15.8. The van der Waals surface area contributed by atoms with Crippen molar-refractivity contribution >= 4 is 13.7 Å². The first-order chi connectivity index (χ1) is 38.5. The van der Waals surface area contributed by atoms with E-state index in [1.54, 1.807) is 6.08 Å². The Balaban J connectivity index is 3.91. The van der Waals surface area contributed by atoms with Crippen LogP contribution in [0.15, 0.2) is 85.1 Å². The van der Waals surface area contributed by atoms with Gasteiger partial charge in [-0.05, 0) is 83.5 Å². The van der Waals surface area contributed by atoms with Crippen molar-refractivity contribution in [1.29, 1.82) is 0 Å². The number of quaternary nitrogens is 1. The lowest BCUT2D eigenvalue weighted by molar-refractivity contribution is -0.870. The van der Waals surface area contributed by atoms with Gasteiger partial charge in [0.2, 0.25) is 5.91 Å². The van der Waals surface area contributed by atoms with Gasteiger partial charge in [-0.1, -0.05) is 298 Å². The normalized spacial score (nSPS) is 14.3. The van der Waals surface area contributed by atoms with Crippen LogP contribution in [-0.4, -0.2) is 73.4 Å². The van der Waals surface area contributed by atoms with Crippen LogP contribution in [0.2, 0.25) is 0 Å². The Labute approximate surface area is 490 Å². The second-order valence-corrected chi connectivity index (χ2v) is 25.3. The second-order valence-electron chi connectivity index (χ2n) is 23.8. The fourth-order valence-corrected chi connectivity index (χ4v) is 10.4. The minimum Gasteiger partial charge on any atom is -0.387 e. The van der Waals surface area contributed by atoms with Crippen LogP contribution in [0.25, 0.3) is 0 Å². The number of phosphoric ester groups is 1. The van der Waals surface area contributed by atoms with Crippen molar-refractivity contribution in [2.75, 3.05) is 40.9 Å². The largest absolute Gasteiger partial charge is 0.472 e. The molecule has 79 heavy (non-hydrogen) atoms. The smallest absolute Gasteiger partial charge is 0.387 e. The number of rotatable bonds is 61. The third-order valence-electron chi connectivity index (χ3n) is 14.8. The number of phosphoric acid groups is 1. The van der Waals surface area contributed by atoms with Crippen molar-refractivity contribution in [2.24, 2.45) is 0 Å². The number of nitrogens with zero attached hydrogens (tertiary/aromatic N) is 1. The summed E-state index contributed by atoms with van der Waals surface area (Å²) in [6, 6.07) is -0.871. The number of amides is 1. The molecule has 0 aliphatic carbocycles. The molecule has 0 spiro atoms. The molecular formula is C70H130N2O6P+. The van der Waals surface area contributed by atoms with Gasteiger partial charge in [-0.15, -0.1) is 0 Å². The number of hydrogen-bond donors (Lipinski definition) is 3. The van der Waals surface area contributed by atoms with Crippen LogP contribution in [0.1, 0.15) is 303 Å². The fraction of sp³-hybridized carbons (Fsp3) is 0.786. The number of aliphatic hydroxyl groups excluding tert-OH is 1. The summed E-state index contributed by atoms with van der Waals surface area (Å²) in [5.74, 6) is -0.188. The maximum Gasteiger partial charge on any atom is 0.472 e. The molecule has 0 aromatic carbocycles. The number of likely N-dealkylation sites (N-methyl/N-ethyl adjacent to an activating group) is 1. The van der Waals surface area contributed by atoms with Crippen LogP contribution in [0, 0.1) is 0 Å². The predicted molar refractivity (Wildman–Crippen MR) is 346 cm³/mol. The van der Waals surface area contributed by atoms with Crippen LogP contribution in [0.5, 0.6) is 0 Å². The highest BCUT2D eigenvalue weighted by molar-refractivity contribution is 7.47. The molecule has 0 saturated carbocycles. The lowest BCUT2D eigenvalue weighted by Crippen LogP contribution is -2.45. The van der Waals surface area contributed by atoms with Crippen LogP contribution in [-0.2, 0) is 18.4 Å². The van der Waals surface area contributed by atoms with E-state index in [9.17, 15) is 19.4 Å². The Kier molecular flexibility index (Phi) is 58.5. The topological polar surface area (TPSA) is 105 Å². The van der Waals surface area contributed by atoms with Gasteiger partial charge in [0.1, 0.15) is 13.2 Å². The molecule has 0 rings (SSSR count). The summed E-state index contributed by atoms with van der Waals surface area (Å²) in [5.41, 5.74) is 0. The Morgan fingerprint density at radius 3 is 1.16 bits per heavy atom. The van der Waals surface area contributed by atoms with E-state index in [0.717, 1.165) is 70.6 Å². The van der Waals surface area contributed by atoms with Gasteiger partial charge in [0.25, 0.3) is 0 Å². The first kappa shape index (κ1) is 76.7. The van der Waals surface area contributed by atoms with Gasteiger partial charge in [-0.2, -0.15) is 0 Å². The van der Waals surface area contributed by atoms with Crippen LogP contribution in [0.3, 0.4) is 0 Å². The van der Waals surface area contributed by atoms with Crippen molar-refractivity contribution < 1.29 is 32.9 Å². The van der Waals surface area contributed by atoms with E-state index in [4.69, 9.17) is 9.05 Å². The van der Waals surface area contributed by atoms with Gasteiger partial charge >= 0.3 is 7.82 Å². The van der Waals surface area contributed by atoms with Crippen LogP contribution in [0.4, 0.5) is 0 Å². The van der Waals surface area contributed by atoms with Gasteiger partial charge < -0.3 is 19.8 Å². The average Bonchev–Trinajstić information content (AvgIpc) is 3.42. The quantitative estimate of drug-likeness (QED) is 0.0243. The highest BCUT2D eigenvalue weighted by Gasteiger charge is 2.28. The minimum atomic E-state index is -4.36. The van der Waals surface area contributed by atoms with Gasteiger partial charge in [-0.3, -0.25) is 13.8 Å². The highest BCUT2D eigenvalue weighted by atomic mass is 31.2. The molecule has 0 aromatic heterocycles. The number of aliphatic hydroxyl groups is 1. The van der Waals surface area contributed by atoms with E-state index in [-0.39, 0.29) is 19.1 Å². The lowest BCUT2D eigenvalue weighted by Gasteiger charge is -2.25. The van der Waals surface area contributed by atoms with E-state index in [1.807, 2.05) is 27.2 Å². The van der Waals surface area contributed by atoms with Crippen molar-refractivity contribution in [3.05, 3.63) is 85.1 Å². The molecule has 0 aromatic rings. The highest BCUT2D eigenvalue weighted by Crippen LogP contribution is 2.43. The number of allylic oxidation sites excluding steroid dienone is 13. The monoisotopic (exact) mass is 1130 g/mol. The summed E-state index contributed by atoms with van der Waals surface area (Å²) >= 11 is 0. The summed E-state index contributed by atoms with van der Waals surface area (Å²) in [6.07, 6.45) is 86.0. The molecule has 0 aliphatic heterocycles. The Hall–Kier alpha value is -2.32. The summed E-state index contributed by atoms with van der Waals surface area (Å²) < 4.78 is 23.7. The van der Waals surface area contributed by atoms with E-state index in [1.165, 1.54) is 212 Å². The maximum atomic E-state index is 13.0. The van der Waals surface area contributed by atoms with E-state index >= 15 is 0 Å². The lowest BCUT2D eigenvalue weighted by atomic mass is 10.0. The SMILES string of the molecule is CC/C=C\C/C=C\C/C=C\C/C=C\CCCCCCCCCCCCCCCCCCCCCCCCCCCCCCC(=O)NC(COP(=O)(O)OCC[N+](C)(C)C)C(O)/C=C/CC/C=C/CC/C=C/CCCCCCCC. The first-order valence-electron chi connectivity index (χ1n) is 33.5. The fourth-order valence-electron chi connectivity index (χ4n) is 9.66. The Morgan fingerprint density at radius 1 is 0.443 bits per heavy atom. The summed E-state index contributed by atoms with van der Waals surface area (Å²) in [4.78, 5) is 23.3. The van der Waals surface area contributed by atoms with E-state index in [0.29, 0.717) is 17.4 Å². The molecule has 0 saturated heterocycles. The van der Waals surface area contributed by atoms with Gasteiger partial charge in [-0.25, -0.2) is 4.57 Å². The van der Waals surface area contributed by atoms with Crippen molar-refractivity contribution in [3.63, 3.8) is 0 Å². The number of unbranched alkanes of at least 4 members (excludes halogenated alkanes) is 36. The molecule has 1 amide bonds. The molecular weight excluding hydrogens is 996 g/mol. The molecule has 460 valence electrons. The second kappa shape index (κ2) is 60.3. The Bertz CT molecular complexity index is 1560. The average molecular weight is 1130 g/mol. The van der Waals surface area contributed by atoms with Gasteiger partial charge in [0.05, 0.1) is 39.9 Å². The molecule has 9 heteroatoms. The minimum absolute atomic E-state index is 0.0530. The molecule has 0 radical (unpaired) electrons. The number of nitrogens with one attached hydrogen (secondary N) is 1. The maximum absolute atomic E-state index is 13.0. The molecule has 8 nitrogen and oxygen atoms in total. The summed E-state index contributed by atoms with van der Waals surface area (Å²) in [7, 11) is 1.55. The Morgan fingerprint density at radius 2 is 0.772 bits per heavy atom. The zero-order valence-corrected chi connectivity index (χ0v) is 53.5. The molecule has 3 N–H and O–H groups in total. The molecule has 3 unspecified atom stereocenters. The standard InChI is InChI=1S/C70H129N2O6P/c1-6-8-10-12-14-16-18-20-22-24-25-26-27-28-29-30-31-32-33-34-35-36-37-38-39-40-41-42-43-44-45-46-47-48-50-52-54-56-58-60-62-64-70(74)71-68(67-78-79(75,76)77-66-65-72(3,4)5)69(73)63-61-59-57-55-53-51-49-23-21-19-17-15-13-11-9-7-2/h8,10,14,16,20-23,25-26,53,55,61,63,68-69,73H,6-7,9,11-13,15,17-19,24,27-52,54,56-60,62,64-67H2,1-5H3,(H-,71,74,75,76)/p+1/b10-8-,16-14-,22-20-,23-21+,26-25-,55-53+,63-61+. The van der Waals surface area contributed by atoms with Gasteiger partial charge in [0, 0.05) is 6.42 Å². The number of carbonyl (C=O) groups is 1. The van der Waals surface area contributed by atoms with Crippen LogP contribution >= 0.6 is 7.82 Å². The molecule has 3 atom stereocenters.